The number of methoxy groups -OCH3 is 2. The minimum absolute atomic E-state index is 0.00426. The third-order valence-corrected chi connectivity index (χ3v) is 3.53. The molecule has 0 saturated heterocycles. The third kappa shape index (κ3) is 3.55. The predicted octanol–water partition coefficient (Wildman–Crippen LogP) is 1.94. The summed E-state index contributed by atoms with van der Waals surface area (Å²) in [4.78, 5) is 24.2. The number of carbonyl (C=O) groups excluding carboxylic acids is 1. The van der Waals surface area contributed by atoms with Crippen molar-refractivity contribution in [1.82, 2.24) is 4.90 Å². The molecule has 0 aromatic heterocycles. The van der Waals surface area contributed by atoms with Gasteiger partial charge in [0.15, 0.2) is 10.1 Å². The summed E-state index contributed by atoms with van der Waals surface area (Å²) in [7, 11) is 5.71. The van der Waals surface area contributed by atoms with Crippen molar-refractivity contribution in [2.75, 3.05) is 28.3 Å². The zero-order valence-electron chi connectivity index (χ0n) is 12.4. The molecule has 1 aromatic carbocycles. The highest BCUT2D eigenvalue weighted by molar-refractivity contribution is 7.80. The summed E-state index contributed by atoms with van der Waals surface area (Å²) in [5, 5.41) is 11.2. The molecule has 0 radical (unpaired) electrons. The lowest BCUT2D eigenvalue weighted by atomic mass is 10.0. The Morgan fingerprint density at radius 1 is 1.14 bits per heavy atom. The van der Waals surface area contributed by atoms with Gasteiger partial charge in [0.25, 0.3) is 11.6 Å². The predicted molar refractivity (Wildman–Crippen MR) is 88.5 cm³/mol. The van der Waals surface area contributed by atoms with Crippen LogP contribution in [-0.4, -0.2) is 54.1 Å². The summed E-state index contributed by atoms with van der Waals surface area (Å²) >= 11 is 9.97. The molecule has 7 nitrogen and oxygen atoms in total. The van der Waals surface area contributed by atoms with Gasteiger partial charge in [-0.15, -0.1) is 0 Å². The zero-order chi connectivity index (χ0) is 17.0. The van der Waals surface area contributed by atoms with Crippen LogP contribution in [0.3, 0.4) is 0 Å². The molecule has 0 aliphatic carbocycles. The van der Waals surface area contributed by atoms with Gasteiger partial charge in [-0.1, -0.05) is 0 Å². The van der Waals surface area contributed by atoms with E-state index in [2.05, 4.69) is 0 Å². The molecule has 0 heterocycles. The monoisotopic (exact) mass is 342 g/mol. The second-order valence-corrected chi connectivity index (χ2v) is 5.10. The van der Waals surface area contributed by atoms with Gasteiger partial charge in [-0.25, -0.2) is 0 Å². The molecule has 9 heteroatoms. The van der Waals surface area contributed by atoms with E-state index in [1.807, 2.05) is 0 Å². The number of benzene rings is 1. The van der Waals surface area contributed by atoms with Gasteiger partial charge in [0.2, 0.25) is 0 Å². The Morgan fingerprint density at radius 3 is 1.82 bits per heavy atom. The van der Waals surface area contributed by atoms with Gasteiger partial charge in [-0.05, 0) is 36.6 Å². The molecule has 0 N–H and O–H groups in total. The number of amides is 1. The van der Waals surface area contributed by atoms with Crippen LogP contribution in [0.25, 0.3) is 0 Å². The number of hydrogen-bond donors (Lipinski definition) is 0. The minimum Gasteiger partial charge on any atom is -0.486 e. The molecule has 0 spiro atoms. The molecule has 1 rings (SSSR count). The first-order valence-corrected chi connectivity index (χ1v) is 6.77. The van der Waals surface area contributed by atoms with Crippen molar-refractivity contribution >= 4 is 46.1 Å². The Morgan fingerprint density at radius 2 is 1.55 bits per heavy atom. The summed E-state index contributed by atoms with van der Waals surface area (Å²) in [6.07, 6.45) is 0. The lowest BCUT2D eigenvalue weighted by Crippen LogP contribution is -2.23. The summed E-state index contributed by atoms with van der Waals surface area (Å²) in [5.41, 5.74) is -0.150. The van der Waals surface area contributed by atoms with Crippen LogP contribution in [0.1, 0.15) is 21.5 Å². The van der Waals surface area contributed by atoms with Gasteiger partial charge in [0, 0.05) is 19.7 Å². The first kappa shape index (κ1) is 17.9. The third-order valence-electron chi connectivity index (χ3n) is 2.76. The van der Waals surface area contributed by atoms with Crippen LogP contribution >= 0.6 is 24.4 Å². The van der Waals surface area contributed by atoms with Gasteiger partial charge in [0.05, 0.1) is 19.1 Å². The van der Waals surface area contributed by atoms with E-state index in [-0.39, 0.29) is 38.4 Å². The quantitative estimate of drug-likeness (QED) is 0.470. The van der Waals surface area contributed by atoms with E-state index in [4.69, 9.17) is 33.9 Å². The van der Waals surface area contributed by atoms with Crippen LogP contribution in [0.5, 0.6) is 0 Å². The van der Waals surface area contributed by atoms with Crippen molar-refractivity contribution in [3.63, 3.8) is 0 Å². The average Bonchev–Trinajstić information content (AvgIpc) is 2.50. The smallest absolute Gasteiger partial charge is 0.293 e. The molecule has 1 amide bonds. The SMILES string of the molecule is COC(=S)c1cc(C(=O)N(C)C)cc(C(=S)OC)c1[N+](=O)[O-]. The number of nitrogens with zero attached hydrogens (tertiary/aromatic N) is 2. The molecule has 0 saturated carbocycles. The summed E-state index contributed by atoms with van der Waals surface area (Å²) in [5.74, 6) is -0.352. The van der Waals surface area contributed by atoms with E-state index in [0.29, 0.717) is 0 Å². The largest absolute Gasteiger partial charge is 0.486 e. The molecule has 118 valence electrons. The van der Waals surface area contributed by atoms with Gasteiger partial charge in [-0.2, -0.15) is 0 Å². The number of nitro groups is 1. The van der Waals surface area contributed by atoms with E-state index in [1.54, 1.807) is 14.1 Å². The van der Waals surface area contributed by atoms with Crippen LogP contribution in [0.4, 0.5) is 5.69 Å². The number of nitro benzene ring substituents is 1. The van der Waals surface area contributed by atoms with Crippen molar-refractivity contribution in [3.05, 3.63) is 38.9 Å². The fourth-order valence-corrected chi connectivity index (χ4v) is 2.06. The summed E-state index contributed by atoms with van der Waals surface area (Å²) < 4.78 is 9.82. The van der Waals surface area contributed by atoms with Crippen LogP contribution in [-0.2, 0) is 9.47 Å². The van der Waals surface area contributed by atoms with E-state index >= 15 is 0 Å². The summed E-state index contributed by atoms with van der Waals surface area (Å²) in [6, 6.07) is 2.63. The Labute approximate surface area is 138 Å². The Bertz CT molecular complexity index is 621. The van der Waals surface area contributed by atoms with Crippen LogP contribution in [0.15, 0.2) is 12.1 Å². The van der Waals surface area contributed by atoms with E-state index < -0.39 is 4.92 Å². The number of thiocarbonyl (C=S) groups is 2. The Balaban J connectivity index is 3.75. The molecular weight excluding hydrogens is 328 g/mol. The first-order chi connectivity index (χ1) is 10.2. The van der Waals surface area contributed by atoms with Crippen molar-refractivity contribution in [2.45, 2.75) is 0 Å². The van der Waals surface area contributed by atoms with Crippen LogP contribution in [0.2, 0.25) is 0 Å². The zero-order valence-corrected chi connectivity index (χ0v) is 14.0. The standard InChI is InChI=1S/C13H14N2O5S2/c1-14(2)11(16)7-5-8(12(21)19-3)10(15(17)18)9(6-7)13(22)20-4/h5-6H,1-4H3. The highest BCUT2D eigenvalue weighted by Crippen LogP contribution is 2.28. The molecule has 0 aliphatic heterocycles. The molecule has 0 bridgehead atoms. The molecule has 0 unspecified atom stereocenters. The number of rotatable bonds is 4. The highest BCUT2D eigenvalue weighted by atomic mass is 32.1. The number of ether oxygens (including phenoxy) is 2. The Hall–Kier alpha value is -2.13. The van der Waals surface area contributed by atoms with E-state index in [9.17, 15) is 14.9 Å². The topological polar surface area (TPSA) is 81.9 Å². The lowest BCUT2D eigenvalue weighted by molar-refractivity contribution is -0.385. The van der Waals surface area contributed by atoms with Gasteiger partial charge >= 0.3 is 0 Å². The van der Waals surface area contributed by atoms with Crippen LogP contribution < -0.4 is 0 Å². The molecule has 22 heavy (non-hydrogen) atoms. The number of carbonyl (C=O) groups is 1. The van der Waals surface area contributed by atoms with Gasteiger partial charge in [0.1, 0.15) is 11.1 Å². The molecular formula is C13H14N2O5S2. The first-order valence-electron chi connectivity index (χ1n) is 5.95. The fourth-order valence-electron chi connectivity index (χ4n) is 1.74. The second kappa shape index (κ2) is 7.23. The minimum atomic E-state index is -0.634. The average molecular weight is 342 g/mol. The lowest BCUT2D eigenvalue weighted by Gasteiger charge is -2.14. The maximum absolute atomic E-state index is 12.1. The van der Waals surface area contributed by atoms with Crippen LogP contribution in [0, 0.1) is 10.1 Å². The van der Waals surface area contributed by atoms with Gasteiger partial charge < -0.3 is 14.4 Å². The molecule has 1 aromatic rings. The molecule has 0 atom stereocenters. The maximum atomic E-state index is 12.1. The maximum Gasteiger partial charge on any atom is 0.293 e. The van der Waals surface area contributed by atoms with E-state index in [1.165, 1.54) is 31.3 Å². The molecule has 0 aliphatic rings. The Kier molecular flexibility index (Phi) is 5.89. The van der Waals surface area contributed by atoms with Crippen molar-refractivity contribution in [1.29, 1.82) is 0 Å². The number of hydrogen-bond acceptors (Lipinski definition) is 7. The summed E-state index contributed by atoms with van der Waals surface area (Å²) in [6.45, 7) is 0. The van der Waals surface area contributed by atoms with E-state index in [0.717, 1.165) is 0 Å². The second-order valence-electron chi connectivity index (χ2n) is 4.36. The van der Waals surface area contributed by atoms with Gasteiger partial charge in [-0.3, -0.25) is 14.9 Å². The van der Waals surface area contributed by atoms with Crippen molar-refractivity contribution < 1.29 is 19.2 Å². The fraction of sp³-hybridized carbons (Fsp3) is 0.308. The van der Waals surface area contributed by atoms with Crippen molar-refractivity contribution in [3.8, 4) is 0 Å². The normalized spacial score (nSPS) is 9.82. The highest BCUT2D eigenvalue weighted by Gasteiger charge is 2.29. The molecule has 0 fully saturated rings. The van der Waals surface area contributed by atoms with Crippen molar-refractivity contribution in [2.24, 2.45) is 0 Å².